The largest absolute Gasteiger partial charge is 0.496 e. The van der Waals surface area contributed by atoms with E-state index in [0.29, 0.717) is 41.9 Å². The van der Waals surface area contributed by atoms with Crippen molar-refractivity contribution in [3.63, 3.8) is 0 Å². The summed E-state index contributed by atoms with van der Waals surface area (Å²) in [5, 5.41) is 0. The Labute approximate surface area is 234 Å². The summed E-state index contributed by atoms with van der Waals surface area (Å²) in [5.41, 5.74) is -0.395. The summed E-state index contributed by atoms with van der Waals surface area (Å²) in [6.45, 7) is 7.37. The van der Waals surface area contributed by atoms with Crippen molar-refractivity contribution in [1.29, 1.82) is 0 Å². The SMILES string of the molecule is COc1cc(F)c(C(C)C)cc1C1=C(CN2C(=O)O[C@@H](c3cc(C(F)(F)F)cc(C(F)(F)F)c3)[C@@H]2C)CC(C)CC1. The van der Waals surface area contributed by atoms with Crippen LogP contribution >= 0.6 is 0 Å². The number of carbonyl (C=O) groups is 1. The van der Waals surface area contributed by atoms with Crippen molar-refractivity contribution in [1.82, 2.24) is 4.90 Å². The highest BCUT2D eigenvalue weighted by Gasteiger charge is 2.44. The molecule has 11 heteroatoms. The summed E-state index contributed by atoms with van der Waals surface area (Å²) < 4.78 is 106. The summed E-state index contributed by atoms with van der Waals surface area (Å²) in [6, 6.07) is 3.46. The molecule has 2 aromatic rings. The molecule has 1 fully saturated rings. The van der Waals surface area contributed by atoms with E-state index in [1.54, 1.807) is 6.07 Å². The predicted molar refractivity (Wildman–Crippen MR) is 139 cm³/mol. The minimum atomic E-state index is -5.03. The Balaban J connectivity index is 1.74. The molecule has 0 saturated carbocycles. The van der Waals surface area contributed by atoms with E-state index in [1.807, 2.05) is 20.8 Å². The van der Waals surface area contributed by atoms with Crippen molar-refractivity contribution in [3.8, 4) is 5.75 Å². The number of hydrogen-bond acceptors (Lipinski definition) is 3. The average molecular weight is 588 g/mol. The first kappa shape index (κ1) is 30.7. The zero-order valence-corrected chi connectivity index (χ0v) is 23.3. The van der Waals surface area contributed by atoms with Gasteiger partial charge in [0, 0.05) is 18.2 Å². The molecule has 0 N–H and O–H groups in total. The quantitative estimate of drug-likeness (QED) is 0.317. The number of carbonyl (C=O) groups excluding carboxylic acids is 1. The third-order valence-electron chi connectivity index (χ3n) is 7.87. The Hall–Kier alpha value is -3.24. The molecule has 4 nitrogen and oxygen atoms in total. The van der Waals surface area contributed by atoms with Crippen LogP contribution in [0.1, 0.15) is 86.8 Å². The number of halogens is 7. The van der Waals surface area contributed by atoms with E-state index in [4.69, 9.17) is 9.47 Å². The number of alkyl halides is 6. The number of allylic oxidation sites excluding steroid dienone is 1. The van der Waals surface area contributed by atoms with E-state index >= 15 is 0 Å². The van der Waals surface area contributed by atoms with Gasteiger partial charge in [-0.15, -0.1) is 0 Å². The van der Waals surface area contributed by atoms with Gasteiger partial charge < -0.3 is 9.47 Å². The molecule has 0 bridgehead atoms. The van der Waals surface area contributed by atoms with Crippen LogP contribution in [0.15, 0.2) is 35.9 Å². The maximum atomic E-state index is 14.7. The van der Waals surface area contributed by atoms with Crippen LogP contribution in [0.4, 0.5) is 35.5 Å². The first-order chi connectivity index (χ1) is 19.0. The van der Waals surface area contributed by atoms with Gasteiger partial charge in [0.05, 0.1) is 24.3 Å². The van der Waals surface area contributed by atoms with Gasteiger partial charge in [0.25, 0.3) is 0 Å². The maximum Gasteiger partial charge on any atom is 0.416 e. The molecule has 1 aliphatic carbocycles. The lowest BCUT2D eigenvalue weighted by Gasteiger charge is -2.30. The summed E-state index contributed by atoms with van der Waals surface area (Å²) in [7, 11) is 1.44. The number of benzene rings is 2. The van der Waals surface area contributed by atoms with E-state index < -0.39 is 47.5 Å². The van der Waals surface area contributed by atoms with Crippen molar-refractivity contribution in [2.75, 3.05) is 13.7 Å². The fourth-order valence-electron chi connectivity index (χ4n) is 5.63. The zero-order chi connectivity index (χ0) is 30.4. The van der Waals surface area contributed by atoms with E-state index in [1.165, 1.54) is 25.0 Å². The van der Waals surface area contributed by atoms with E-state index in [0.717, 1.165) is 17.6 Å². The Morgan fingerprint density at radius 3 is 2.15 bits per heavy atom. The van der Waals surface area contributed by atoms with E-state index in [9.17, 15) is 35.5 Å². The molecule has 1 heterocycles. The molecule has 1 unspecified atom stereocenters. The molecule has 0 spiro atoms. The topological polar surface area (TPSA) is 38.8 Å². The molecular formula is C30H32F7NO3. The first-order valence-electron chi connectivity index (χ1n) is 13.4. The van der Waals surface area contributed by atoms with Crippen LogP contribution in [0.5, 0.6) is 5.75 Å². The summed E-state index contributed by atoms with van der Waals surface area (Å²) in [6.07, 6.45) is -10.2. The predicted octanol–water partition coefficient (Wildman–Crippen LogP) is 9.15. The normalized spacial score (nSPS) is 22.0. The minimum absolute atomic E-state index is 0.0463. The van der Waals surface area contributed by atoms with Crippen molar-refractivity contribution in [2.45, 2.75) is 77.4 Å². The number of cyclic esters (lactones) is 1. The van der Waals surface area contributed by atoms with Crippen LogP contribution in [0.3, 0.4) is 0 Å². The van der Waals surface area contributed by atoms with Gasteiger partial charge >= 0.3 is 18.4 Å². The molecule has 41 heavy (non-hydrogen) atoms. The van der Waals surface area contributed by atoms with Crippen molar-refractivity contribution in [3.05, 3.63) is 69.5 Å². The molecule has 224 valence electrons. The lowest BCUT2D eigenvalue weighted by molar-refractivity contribution is -0.143. The minimum Gasteiger partial charge on any atom is -0.496 e. The Bertz CT molecular complexity index is 1310. The monoisotopic (exact) mass is 587 g/mol. The molecular weight excluding hydrogens is 555 g/mol. The van der Waals surface area contributed by atoms with Gasteiger partial charge in [0.1, 0.15) is 17.7 Å². The zero-order valence-electron chi connectivity index (χ0n) is 23.3. The van der Waals surface area contributed by atoms with Gasteiger partial charge in [-0.05, 0) is 84.6 Å². The second kappa shape index (κ2) is 11.2. The Morgan fingerprint density at radius 1 is 1.00 bits per heavy atom. The highest BCUT2D eigenvalue weighted by Crippen LogP contribution is 2.44. The summed E-state index contributed by atoms with van der Waals surface area (Å²) in [4.78, 5) is 14.3. The molecule has 4 rings (SSSR count). The smallest absolute Gasteiger partial charge is 0.416 e. The van der Waals surface area contributed by atoms with Gasteiger partial charge in [-0.2, -0.15) is 26.3 Å². The Morgan fingerprint density at radius 2 is 1.61 bits per heavy atom. The first-order valence-corrected chi connectivity index (χ1v) is 13.4. The van der Waals surface area contributed by atoms with Crippen molar-refractivity contribution >= 4 is 11.7 Å². The standard InChI is InChI=1S/C30H32F7NO3/c1-15(2)23-12-24(26(40-5)13-25(23)31)22-7-6-16(3)8-19(22)14-38-17(4)27(41-28(38)39)18-9-20(29(32,33)34)11-21(10-18)30(35,36)37/h9-13,15-17,27H,6-8,14H2,1-5H3/t16?,17-,27+/m0/s1. The van der Waals surface area contributed by atoms with Crippen LogP contribution in [0, 0.1) is 11.7 Å². The molecule has 2 aliphatic rings. The van der Waals surface area contributed by atoms with Crippen LogP contribution in [0.25, 0.3) is 5.57 Å². The van der Waals surface area contributed by atoms with Gasteiger partial charge in [0.2, 0.25) is 0 Å². The lowest BCUT2D eigenvalue weighted by atomic mass is 9.80. The van der Waals surface area contributed by atoms with Gasteiger partial charge in [-0.3, -0.25) is 4.90 Å². The molecule has 1 aliphatic heterocycles. The van der Waals surface area contributed by atoms with Crippen LogP contribution in [-0.4, -0.2) is 30.7 Å². The molecule has 1 saturated heterocycles. The van der Waals surface area contributed by atoms with Gasteiger partial charge in [-0.25, -0.2) is 9.18 Å². The number of hydrogen-bond donors (Lipinski definition) is 0. The molecule has 2 aromatic carbocycles. The molecule has 0 radical (unpaired) electrons. The Kier molecular flexibility index (Phi) is 8.40. The number of amides is 1. The molecule has 0 aromatic heterocycles. The highest BCUT2D eigenvalue weighted by atomic mass is 19.4. The number of ether oxygens (including phenoxy) is 2. The van der Waals surface area contributed by atoms with Crippen LogP contribution < -0.4 is 4.74 Å². The van der Waals surface area contributed by atoms with Crippen molar-refractivity contribution in [2.24, 2.45) is 5.92 Å². The van der Waals surface area contributed by atoms with Crippen LogP contribution in [0.2, 0.25) is 0 Å². The number of methoxy groups -OCH3 is 1. The third-order valence-corrected chi connectivity index (χ3v) is 7.87. The fraction of sp³-hybridized carbons (Fsp3) is 0.500. The third kappa shape index (κ3) is 6.33. The maximum absolute atomic E-state index is 14.7. The second-order valence-electron chi connectivity index (χ2n) is 11.2. The van der Waals surface area contributed by atoms with Gasteiger partial charge in [0.15, 0.2) is 0 Å². The van der Waals surface area contributed by atoms with Crippen LogP contribution in [-0.2, 0) is 17.1 Å². The molecule has 3 atom stereocenters. The number of nitrogens with zero attached hydrogens (tertiary/aromatic N) is 1. The number of rotatable bonds is 6. The van der Waals surface area contributed by atoms with E-state index in [2.05, 4.69) is 0 Å². The van der Waals surface area contributed by atoms with Crippen molar-refractivity contribution < 1.29 is 45.0 Å². The average Bonchev–Trinajstić information content (AvgIpc) is 3.15. The lowest BCUT2D eigenvalue weighted by Crippen LogP contribution is -2.35. The summed E-state index contributed by atoms with van der Waals surface area (Å²) in [5.74, 6) is 0.0975. The molecule has 1 amide bonds. The van der Waals surface area contributed by atoms with Gasteiger partial charge in [-0.1, -0.05) is 20.8 Å². The second-order valence-corrected chi connectivity index (χ2v) is 11.2. The highest BCUT2D eigenvalue weighted by molar-refractivity contribution is 5.77. The van der Waals surface area contributed by atoms with E-state index in [-0.39, 0.29) is 30.0 Å². The fourth-order valence-corrected chi connectivity index (χ4v) is 5.63. The summed E-state index contributed by atoms with van der Waals surface area (Å²) >= 11 is 0.